The van der Waals surface area contributed by atoms with Crippen LogP contribution in [-0.4, -0.2) is 62.2 Å². The molecule has 0 fully saturated rings. The second-order valence-electron chi connectivity index (χ2n) is 8.33. The van der Waals surface area contributed by atoms with Crippen LogP contribution < -0.4 is 10.1 Å². The Morgan fingerprint density at radius 2 is 1.89 bits per heavy atom. The zero-order valence-electron chi connectivity index (χ0n) is 20.6. The summed E-state index contributed by atoms with van der Waals surface area (Å²) in [6, 6.07) is 11.9. The summed E-state index contributed by atoms with van der Waals surface area (Å²) in [6.07, 6.45) is 1.38. The van der Waals surface area contributed by atoms with Crippen molar-refractivity contribution >= 4 is 49.9 Å². The lowest BCUT2D eigenvalue weighted by atomic mass is 10.0. The molecule has 0 saturated carbocycles. The van der Waals surface area contributed by atoms with Crippen molar-refractivity contribution in [2.75, 3.05) is 31.0 Å². The number of aromatic nitrogens is 1. The highest BCUT2D eigenvalue weighted by Gasteiger charge is 2.15. The summed E-state index contributed by atoms with van der Waals surface area (Å²) in [5.41, 5.74) is 2.76. The zero-order valence-corrected chi connectivity index (χ0v) is 23.0. The molecule has 1 atom stereocenters. The Bertz CT molecular complexity index is 1340. The van der Waals surface area contributed by atoms with E-state index in [1.54, 1.807) is 48.9 Å². The molecule has 1 aromatic heterocycles. The quantitative estimate of drug-likeness (QED) is 0.315. The molecule has 1 amide bonds. The Balaban J connectivity index is 1.79. The topological polar surface area (TPSA) is 132 Å². The summed E-state index contributed by atoms with van der Waals surface area (Å²) in [6.45, 7) is 2.24. The molecule has 9 nitrogen and oxygen atoms in total. The first kappa shape index (κ1) is 28.6. The Hall–Kier alpha value is -2.93. The molecule has 0 unspecified atom stereocenters. The average Bonchev–Trinajstić information content (AvgIpc) is 3.25. The minimum Gasteiger partial charge on any atom is -0.488 e. The van der Waals surface area contributed by atoms with Crippen molar-refractivity contribution in [3.63, 3.8) is 0 Å². The summed E-state index contributed by atoms with van der Waals surface area (Å²) in [4.78, 5) is 28.4. The highest BCUT2D eigenvalue weighted by atomic mass is 32.2. The number of rotatable bonds is 13. The van der Waals surface area contributed by atoms with Crippen LogP contribution in [0.5, 0.6) is 5.75 Å². The SMILES string of the molecule is COC[C@H](C)Oc1cc(Cc2ccc(S(C)(=O)=O)cc2)cc(C(=O)Nc2nc(CSCC(=O)O)cs2)c1. The van der Waals surface area contributed by atoms with Crippen molar-refractivity contribution in [3.05, 3.63) is 70.2 Å². The second-order valence-corrected chi connectivity index (χ2v) is 12.2. The van der Waals surface area contributed by atoms with Gasteiger partial charge in [0, 0.05) is 30.1 Å². The van der Waals surface area contributed by atoms with Crippen LogP contribution in [0, 0.1) is 0 Å². The van der Waals surface area contributed by atoms with Crippen LogP contribution in [-0.2, 0) is 31.5 Å². The molecule has 1 heterocycles. The summed E-state index contributed by atoms with van der Waals surface area (Å²) in [5, 5.41) is 13.8. The van der Waals surface area contributed by atoms with E-state index in [0.717, 1.165) is 17.4 Å². The van der Waals surface area contributed by atoms with Gasteiger partial charge in [0.25, 0.3) is 5.91 Å². The maximum atomic E-state index is 13.1. The molecule has 2 aromatic carbocycles. The van der Waals surface area contributed by atoms with Gasteiger partial charge in [-0.2, -0.15) is 0 Å². The zero-order chi connectivity index (χ0) is 27.0. The van der Waals surface area contributed by atoms with E-state index in [1.165, 1.54) is 23.1 Å². The Morgan fingerprint density at radius 3 is 2.54 bits per heavy atom. The second kappa shape index (κ2) is 13.0. The molecular formula is C25H28N2O7S3. The third kappa shape index (κ3) is 9.15. The molecule has 0 radical (unpaired) electrons. The van der Waals surface area contributed by atoms with Gasteiger partial charge in [0.2, 0.25) is 0 Å². The van der Waals surface area contributed by atoms with Crippen LogP contribution >= 0.6 is 23.1 Å². The molecule has 0 aliphatic carbocycles. The van der Waals surface area contributed by atoms with Crippen molar-refractivity contribution in [2.24, 2.45) is 0 Å². The number of thioether (sulfide) groups is 1. The van der Waals surface area contributed by atoms with E-state index in [9.17, 15) is 18.0 Å². The monoisotopic (exact) mass is 564 g/mol. The smallest absolute Gasteiger partial charge is 0.313 e. The highest BCUT2D eigenvalue weighted by Crippen LogP contribution is 2.24. The molecule has 37 heavy (non-hydrogen) atoms. The van der Waals surface area contributed by atoms with Gasteiger partial charge >= 0.3 is 5.97 Å². The van der Waals surface area contributed by atoms with Crippen LogP contribution in [0.1, 0.15) is 34.1 Å². The first-order valence-corrected chi connectivity index (χ1v) is 15.1. The lowest BCUT2D eigenvalue weighted by Gasteiger charge is -2.16. The van der Waals surface area contributed by atoms with E-state index < -0.39 is 15.8 Å². The van der Waals surface area contributed by atoms with Crippen LogP contribution in [0.15, 0.2) is 52.7 Å². The normalized spacial score (nSPS) is 12.2. The predicted molar refractivity (Wildman–Crippen MR) is 145 cm³/mol. The van der Waals surface area contributed by atoms with Crippen molar-refractivity contribution in [1.29, 1.82) is 0 Å². The molecule has 0 aliphatic heterocycles. The highest BCUT2D eigenvalue weighted by molar-refractivity contribution is 7.99. The number of carbonyl (C=O) groups excluding carboxylic acids is 1. The third-order valence-electron chi connectivity index (χ3n) is 4.97. The van der Waals surface area contributed by atoms with E-state index in [-0.39, 0.29) is 22.7 Å². The number of amides is 1. The molecular weight excluding hydrogens is 536 g/mol. The van der Waals surface area contributed by atoms with Crippen molar-refractivity contribution < 1.29 is 32.6 Å². The number of methoxy groups -OCH3 is 1. The number of carbonyl (C=O) groups is 2. The summed E-state index contributed by atoms with van der Waals surface area (Å²) in [5.74, 6) is -0.338. The molecule has 3 rings (SSSR count). The number of nitrogens with one attached hydrogen (secondary N) is 1. The van der Waals surface area contributed by atoms with E-state index in [2.05, 4.69) is 10.3 Å². The first-order valence-electron chi connectivity index (χ1n) is 11.2. The van der Waals surface area contributed by atoms with E-state index in [4.69, 9.17) is 14.6 Å². The van der Waals surface area contributed by atoms with Gasteiger partial charge < -0.3 is 14.6 Å². The van der Waals surface area contributed by atoms with Gasteiger partial charge in [-0.25, -0.2) is 13.4 Å². The minimum atomic E-state index is -3.29. The fourth-order valence-corrected chi connectivity index (χ4v) is 5.47. The van der Waals surface area contributed by atoms with Crippen LogP contribution in [0.2, 0.25) is 0 Å². The Kier molecular flexibility index (Phi) is 10.1. The number of nitrogens with zero attached hydrogens (tertiary/aromatic N) is 1. The van der Waals surface area contributed by atoms with Gasteiger partial charge in [-0.3, -0.25) is 14.9 Å². The molecule has 0 bridgehead atoms. The predicted octanol–water partition coefficient (Wildman–Crippen LogP) is 4.12. The maximum absolute atomic E-state index is 13.1. The number of carboxylic acids is 1. The van der Waals surface area contributed by atoms with Gasteiger partial charge in [-0.15, -0.1) is 23.1 Å². The lowest BCUT2D eigenvalue weighted by molar-refractivity contribution is -0.133. The number of carboxylic acid groups (broad SMARTS) is 1. The van der Waals surface area contributed by atoms with E-state index in [1.807, 2.05) is 13.0 Å². The number of thiazole rings is 1. The number of anilines is 1. The molecule has 198 valence electrons. The largest absolute Gasteiger partial charge is 0.488 e. The number of hydrogen-bond acceptors (Lipinski definition) is 9. The Labute approximate surface area is 224 Å². The third-order valence-corrected chi connectivity index (χ3v) is 7.86. The number of hydrogen-bond donors (Lipinski definition) is 2. The fourth-order valence-electron chi connectivity index (χ4n) is 3.40. The van der Waals surface area contributed by atoms with Crippen molar-refractivity contribution in [1.82, 2.24) is 4.98 Å². The molecule has 3 aromatic rings. The first-order chi connectivity index (χ1) is 17.5. The molecule has 0 aliphatic rings. The molecule has 0 saturated heterocycles. The summed E-state index contributed by atoms with van der Waals surface area (Å²) in [7, 11) is -1.71. The van der Waals surface area contributed by atoms with E-state index in [0.29, 0.717) is 40.9 Å². The van der Waals surface area contributed by atoms with Crippen LogP contribution in [0.4, 0.5) is 5.13 Å². The fraction of sp³-hybridized carbons (Fsp3) is 0.320. The summed E-state index contributed by atoms with van der Waals surface area (Å²) < 4.78 is 34.6. The maximum Gasteiger partial charge on any atom is 0.313 e. The lowest BCUT2D eigenvalue weighted by Crippen LogP contribution is -2.19. The summed E-state index contributed by atoms with van der Waals surface area (Å²) >= 11 is 2.49. The van der Waals surface area contributed by atoms with Crippen molar-refractivity contribution in [2.45, 2.75) is 30.1 Å². The number of benzene rings is 2. The van der Waals surface area contributed by atoms with Crippen LogP contribution in [0.3, 0.4) is 0 Å². The standard InChI is InChI=1S/C25H28N2O7S3/c1-16(12-33-2)34-21-10-18(8-17-4-6-22(7-5-17)37(3,31)32)9-19(11-21)24(30)27-25-26-20(14-36-25)13-35-15-23(28)29/h4-7,9-11,14,16H,8,12-13,15H2,1-3H3,(H,28,29)(H,26,27,30)/t16-/m0/s1. The van der Waals surface area contributed by atoms with Crippen molar-refractivity contribution in [3.8, 4) is 5.75 Å². The van der Waals surface area contributed by atoms with E-state index >= 15 is 0 Å². The van der Waals surface area contributed by atoms with Crippen LogP contribution in [0.25, 0.3) is 0 Å². The molecule has 0 spiro atoms. The minimum absolute atomic E-state index is 0.0206. The number of ether oxygens (including phenoxy) is 2. The van der Waals surface area contributed by atoms with Gasteiger partial charge in [-0.1, -0.05) is 12.1 Å². The Morgan fingerprint density at radius 1 is 1.16 bits per heavy atom. The number of sulfone groups is 1. The average molecular weight is 565 g/mol. The van der Waals surface area contributed by atoms with Gasteiger partial charge in [0.05, 0.1) is 22.9 Å². The molecule has 12 heteroatoms. The van der Waals surface area contributed by atoms with Gasteiger partial charge in [-0.05, 0) is 54.8 Å². The molecule has 2 N–H and O–H groups in total. The van der Waals surface area contributed by atoms with Gasteiger partial charge in [0.15, 0.2) is 15.0 Å². The number of aliphatic carboxylic acids is 1. The van der Waals surface area contributed by atoms with Gasteiger partial charge in [0.1, 0.15) is 11.9 Å².